The number of aldehydes is 1. The summed E-state index contributed by atoms with van der Waals surface area (Å²) in [5.74, 6) is 1.07. The summed E-state index contributed by atoms with van der Waals surface area (Å²) in [5, 5.41) is 13.2. The van der Waals surface area contributed by atoms with Gasteiger partial charge in [0.2, 0.25) is 0 Å². The number of anilines is 2. The fourth-order valence-electron chi connectivity index (χ4n) is 5.79. The van der Waals surface area contributed by atoms with E-state index in [2.05, 4.69) is 60.0 Å². The molecule has 0 aliphatic carbocycles. The summed E-state index contributed by atoms with van der Waals surface area (Å²) in [4.78, 5) is 46.1. The number of carbonyl (C=O) groups excluding carboxylic acids is 1. The topological polar surface area (TPSA) is 124 Å². The summed E-state index contributed by atoms with van der Waals surface area (Å²) < 4.78 is 8.61. The lowest BCUT2D eigenvalue weighted by atomic mass is 9.86. The minimum absolute atomic E-state index is 0.0864. The Bertz CT molecular complexity index is 2090. The van der Waals surface area contributed by atoms with Gasteiger partial charge in [0.05, 0.1) is 29.2 Å². The van der Waals surface area contributed by atoms with Gasteiger partial charge in [0.25, 0.3) is 11.1 Å². The van der Waals surface area contributed by atoms with Gasteiger partial charge in [0.15, 0.2) is 6.29 Å². The van der Waals surface area contributed by atoms with Crippen LogP contribution in [0, 0.1) is 0 Å². The predicted molar refractivity (Wildman–Crippen MR) is 183 cm³/mol. The van der Waals surface area contributed by atoms with Crippen LogP contribution in [0.4, 0.5) is 11.5 Å². The summed E-state index contributed by atoms with van der Waals surface area (Å²) >= 11 is 0. The first-order chi connectivity index (χ1) is 22.3. The Morgan fingerprint density at radius 2 is 1.74 bits per heavy atom. The van der Waals surface area contributed by atoms with Crippen molar-refractivity contribution in [3.8, 4) is 22.7 Å². The van der Waals surface area contributed by atoms with Crippen molar-refractivity contribution in [1.29, 1.82) is 0 Å². The zero-order valence-corrected chi connectivity index (χ0v) is 27.6. The third kappa shape index (κ3) is 6.57. The highest BCUT2D eigenvalue weighted by atomic mass is 16.5. The maximum Gasteiger partial charge on any atom is 0.290 e. The van der Waals surface area contributed by atoms with E-state index >= 15 is 0 Å². The van der Waals surface area contributed by atoms with Crippen LogP contribution in [0.3, 0.4) is 0 Å². The number of ether oxygens (including phenoxy) is 1. The van der Waals surface area contributed by atoms with Gasteiger partial charge < -0.3 is 10.1 Å². The number of likely N-dealkylation sites (tertiary alicyclic amines) is 1. The van der Waals surface area contributed by atoms with Crippen molar-refractivity contribution in [3.63, 3.8) is 0 Å². The number of fused-ring (bicyclic) bond motifs is 1. The van der Waals surface area contributed by atoms with E-state index in [4.69, 9.17) is 4.74 Å². The molecular formula is C36H39N7O4. The van der Waals surface area contributed by atoms with Gasteiger partial charge in [-0.1, -0.05) is 39.0 Å². The molecule has 1 aliphatic rings. The van der Waals surface area contributed by atoms with Crippen LogP contribution in [0.1, 0.15) is 57.0 Å². The Kier molecular flexibility index (Phi) is 8.27. The van der Waals surface area contributed by atoms with E-state index in [1.807, 2.05) is 18.2 Å². The first kappa shape index (κ1) is 31.8. The van der Waals surface area contributed by atoms with Crippen molar-refractivity contribution in [2.75, 3.05) is 25.0 Å². The van der Waals surface area contributed by atoms with E-state index in [1.165, 1.54) is 22.8 Å². The fraction of sp³-hybridized carbons (Fsp3) is 0.333. The predicted octanol–water partition coefficient (Wildman–Crippen LogP) is 5.26. The van der Waals surface area contributed by atoms with E-state index in [-0.39, 0.29) is 33.4 Å². The second-order valence-corrected chi connectivity index (χ2v) is 13.6. The number of hydrogen-bond donors (Lipinski definition) is 1. The average molecular weight is 634 g/mol. The summed E-state index contributed by atoms with van der Waals surface area (Å²) in [6.45, 7) is 13.4. The van der Waals surface area contributed by atoms with Crippen molar-refractivity contribution in [2.24, 2.45) is 7.05 Å². The molecule has 1 fully saturated rings. The van der Waals surface area contributed by atoms with Crippen LogP contribution in [0.5, 0.6) is 5.75 Å². The van der Waals surface area contributed by atoms with E-state index < -0.39 is 0 Å². The minimum Gasteiger partial charge on any atom is -0.485 e. The van der Waals surface area contributed by atoms with Gasteiger partial charge in [-0.25, -0.2) is 9.67 Å². The zero-order valence-electron chi connectivity index (χ0n) is 27.6. The van der Waals surface area contributed by atoms with Crippen molar-refractivity contribution >= 4 is 28.6 Å². The van der Waals surface area contributed by atoms with Gasteiger partial charge in [0, 0.05) is 30.1 Å². The number of aryl methyl sites for hydroxylation is 1. The molecule has 0 radical (unpaired) electrons. The molecule has 47 heavy (non-hydrogen) atoms. The number of nitrogens with one attached hydrogen (secondary N) is 1. The SMILES string of the molecule is Cn1nc(-c2cccc(-n3ncc4cc(C(C)(C)C)ccc4c3=O)c2C=O)cc(Nc2ccc(OC(C)(C)CN3CCC3)cn2)c1=O. The highest BCUT2D eigenvalue weighted by molar-refractivity contribution is 5.92. The van der Waals surface area contributed by atoms with Crippen LogP contribution >= 0.6 is 0 Å². The number of aromatic nitrogens is 5. The Hall–Kier alpha value is -5.16. The Labute approximate surface area is 272 Å². The molecule has 0 saturated carbocycles. The number of nitrogens with zero attached hydrogens (tertiary/aromatic N) is 6. The van der Waals surface area contributed by atoms with Crippen LogP contribution < -0.4 is 21.2 Å². The standard InChI is InChI=1S/C36H39N7O4/c1-35(2,3)24-11-13-26-23(17-24)19-38-43(33(26)45)31-10-7-9-27(28(31)21-44)29-18-30(34(46)41(6)40-29)39-32-14-12-25(20-37-32)47-36(4,5)22-42-15-8-16-42/h7,9-14,17-21H,8,15-16,22H2,1-6H3,(H,37,39). The Balaban J connectivity index is 1.31. The van der Waals surface area contributed by atoms with Crippen LogP contribution in [0.25, 0.3) is 27.7 Å². The Morgan fingerprint density at radius 3 is 2.40 bits per heavy atom. The number of rotatable bonds is 9. The number of benzene rings is 2. The first-order valence-electron chi connectivity index (χ1n) is 15.7. The summed E-state index contributed by atoms with van der Waals surface area (Å²) in [7, 11) is 1.53. The first-order valence-corrected chi connectivity index (χ1v) is 15.7. The van der Waals surface area contributed by atoms with Gasteiger partial charge in [-0.3, -0.25) is 19.3 Å². The van der Waals surface area contributed by atoms with Gasteiger partial charge >= 0.3 is 0 Å². The molecule has 3 aromatic heterocycles. The average Bonchev–Trinajstić information content (AvgIpc) is 3.01. The van der Waals surface area contributed by atoms with E-state index in [0.29, 0.717) is 40.2 Å². The highest BCUT2D eigenvalue weighted by Crippen LogP contribution is 2.29. The van der Waals surface area contributed by atoms with E-state index in [1.54, 1.807) is 48.8 Å². The van der Waals surface area contributed by atoms with Crippen molar-refractivity contribution < 1.29 is 9.53 Å². The lowest BCUT2D eigenvalue weighted by molar-refractivity contribution is 0.0350. The van der Waals surface area contributed by atoms with Crippen LogP contribution in [-0.4, -0.2) is 61.0 Å². The Morgan fingerprint density at radius 1 is 0.957 bits per heavy atom. The third-order valence-electron chi connectivity index (χ3n) is 8.37. The molecule has 0 bridgehead atoms. The normalized spacial score (nSPS) is 13.7. The molecule has 1 saturated heterocycles. The molecule has 1 N–H and O–H groups in total. The lowest BCUT2D eigenvalue weighted by Gasteiger charge is -2.38. The molecule has 5 aromatic rings. The van der Waals surface area contributed by atoms with Gasteiger partial charge in [-0.15, -0.1) is 0 Å². The van der Waals surface area contributed by atoms with E-state index in [0.717, 1.165) is 30.6 Å². The van der Waals surface area contributed by atoms with Crippen molar-refractivity contribution in [2.45, 2.75) is 52.1 Å². The fourth-order valence-corrected chi connectivity index (χ4v) is 5.79. The van der Waals surface area contributed by atoms with Crippen molar-refractivity contribution in [1.82, 2.24) is 29.4 Å². The maximum atomic E-state index is 13.6. The van der Waals surface area contributed by atoms with E-state index in [9.17, 15) is 14.4 Å². The molecule has 0 atom stereocenters. The van der Waals surface area contributed by atoms with Crippen LogP contribution in [0.2, 0.25) is 0 Å². The molecule has 11 heteroatoms. The molecule has 11 nitrogen and oxygen atoms in total. The molecule has 0 unspecified atom stereocenters. The maximum absolute atomic E-state index is 13.6. The van der Waals surface area contributed by atoms with Gasteiger partial charge in [-0.2, -0.15) is 14.9 Å². The van der Waals surface area contributed by atoms with Crippen LogP contribution in [0.15, 0.2) is 76.6 Å². The molecule has 1 aliphatic heterocycles. The second-order valence-electron chi connectivity index (χ2n) is 13.6. The van der Waals surface area contributed by atoms with Crippen molar-refractivity contribution in [3.05, 3.63) is 98.8 Å². The number of hydrogen-bond acceptors (Lipinski definition) is 9. The second kappa shape index (κ2) is 12.2. The highest BCUT2D eigenvalue weighted by Gasteiger charge is 2.27. The van der Waals surface area contributed by atoms with Gasteiger partial charge in [-0.05, 0) is 80.7 Å². The minimum atomic E-state index is -0.377. The molecule has 0 amide bonds. The summed E-state index contributed by atoms with van der Waals surface area (Å²) in [6.07, 6.45) is 5.15. The molecule has 2 aromatic carbocycles. The molecule has 4 heterocycles. The number of carbonyl (C=O) groups is 1. The van der Waals surface area contributed by atoms with Gasteiger partial charge in [0.1, 0.15) is 22.9 Å². The quantitative estimate of drug-likeness (QED) is 0.217. The lowest BCUT2D eigenvalue weighted by Crippen LogP contribution is -2.48. The molecule has 242 valence electrons. The smallest absolute Gasteiger partial charge is 0.290 e. The molecule has 6 rings (SSSR count). The summed E-state index contributed by atoms with van der Waals surface area (Å²) in [5.41, 5.74) is 1.44. The van der Waals surface area contributed by atoms with Crippen LogP contribution in [-0.2, 0) is 12.5 Å². The largest absolute Gasteiger partial charge is 0.485 e. The molecule has 0 spiro atoms. The third-order valence-corrected chi connectivity index (χ3v) is 8.37. The summed E-state index contributed by atoms with van der Waals surface area (Å²) in [6, 6.07) is 15.9. The number of pyridine rings is 1. The zero-order chi connectivity index (χ0) is 33.5. The molecular weight excluding hydrogens is 594 g/mol. The monoisotopic (exact) mass is 633 g/mol.